The van der Waals surface area contributed by atoms with Gasteiger partial charge in [0.1, 0.15) is 5.58 Å². The van der Waals surface area contributed by atoms with Crippen molar-refractivity contribution in [1.29, 1.82) is 0 Å². The van der Waals surface area contributed by atoms with Crippen molar-refractivity contribution in [3.05, 3.63) is 40.8 Å². The quantitative estimate of drug-likeness (QED) is 0.837. The van der Waals surface area contributed by atoms with Crippen LogP contribution in [0, 0.1) is 0 Å². The third kappa shape index (κ3) is 4.21. The van der Waals surface area contributed by atoms with Gasteiger partial charge in [0, 0.05) is 24.0 Å². The second kappa shape index (κ2) is 6.37. The molecule has 0 radical (unpaired) electrons. The highest BCUT2D eigenvalue weighted by Crippen LogP contribution is 2.20. The van der Waals surface area contributed by atoms with Crippen LogP contribution >= 0.6 is 0 Å². The van der Waals surface area contributed by atoms with E-state index in [4.69, 9.17) is 4.42 Å². The molecule has 0 aliphatic carbocycles. The third-order valence-electron chi connectivity index (χ3n) is 3.18. The van der Waals surface area contributed by atoms with Gasteiger partial charge in [0.05, 0.1) is 11.4 Å². The van der Waals surface area contributed by atoms with E-state index < -0.39 is 21.2 Å². The summed E-state index contributed by atoms with van der Waals surface area (Å²) in [6.45, 7) is 5.16. The number of hydrogen-bond donors (Lipinski definition) is 1. The van der Waals surface area contributed by atoms with E-state index >= 15 is 0 Å². The van der Waals surface area contributed by atoms with Crippen LogP contribution in [-0.4, -0.2) is 37.8 Å². The molecule has 2 aromatic rings. The average molecular weight is 352 g/mol. The first-order chi connectivity index (χ1) is 11.0. The minimum atomic E-state index is -3.84. The number of rotatable bonds is 4. The molecule has 1 amide bonds. The van der Waals surface area contributed by atoms with E-state index in [0.717, 1.165) is 4.31 Å². The number of fused-ring (bicyclic) bond motifs is 1. The number of carbonyl (C=O) groups is 1. The van der Waals surface area contributed by atoms with Crippen LogP contribution in [0.25, 0.3) is 11.0 Å². The summed E-state index contributed by atoms with van der Waals surface area (Å²) in [6, 6.07) is 6.89. The first-order valence-electron chi connectivity index (χ1n) is 7.30. The summed E-state index contributed by atoms with van der Waals surface area (Å²) in [5.41, 5.74) is -0.647. The van der Waals surface area contributed by atoms with Crippen LogP contribution in [0.4, 0.5) is 0 Å². The molecule has 0 atom stereocenters. The van der Waals surface area contributed by atoms with Crippen molar-refractivity contribution >= 4 is 26.9 Å². The lowest BCUT2D eigenvalue weighted by Crippen LogP contribution is -2.46. The van der Waals surface area contributed by atoms with Crippen molar-refractivity contribution in [2.45, 2.75) is 31.2 Å². The number of likely N-dealkylation sites (N-methyl/N-ethyl adjacent to an activating group) is 1. The van der Waals surface area contributed by atoms with Gasteiger partial charge in [-0.3, -0.25) is 4.79 Å². The fourth-order valence-corrected chi connectivity index (χ4v) is 3.30. The molecular weight excluding hydrogens is 332 g/mol. The van der Waals surface area contributed by atoms with Gasteiger partial charge in [-0.2, -0.15) is 4.31 Å². The fourth-order valence-electron chi connectivity index (χ4n) is 2.14. The Kier molecular flexibility index (Phi) is 4.82. The second-order valence-electron chi connectivity index (χ2n) is 6.51. The maximum absolute atomic E-state index is 12.6. The van der Waals surface area contributed by atoms with Crippen LogP contribution in [-0.2, 0) is 14.8 Å². The second-order valence-corrected chi connectivity index (χ2v) is 8.56. The molecule has 0 aliphatic rings. The van der Waals surface area contributed by atoms with E-state index in [1.54, 1.807) is 0 Å². The molecule has 0 saturated carbocycles. The zero-order valence-electron chi connectivity index (χ0n) is 14.0. The largest absolute Gasteiger partial charge is 0.423 e. The Morgan fingerprint density at radius 2 is 1.88 bits per heavy atom. The van der Waals surface area contributed by atoms with Gasteiger partial charge in [-0.05, 0) is 45.0 Å². The van der Waals surface area contributed by atoms with Gasteiger partial charge in [-0.1, -0.05) is 0 Å². The summed E-state index contributed by atoms with van der Waals surface area (Å²) in [5, 5.41) is 3.20. The highest BCUT2D eigenvalue weighted by atomic mass is 32.2. The minimum absolute atomic E-state index is 0.0231. The molecule has 130 valence electrons. The van der Waals surface area contributed by atoms with Gasteiger partial charge in [-0.15, -0.1) is 0 Å². The summed E-state index contributed by atoms with van der Waals surface area (Å²) < 4.78 is 31.2. The number of sulfonamides is 1. The SMILES string of the molecule is CN(CC(=O)NC(C)(C)C)S(=O)(=O)c1ccc2oc(=O)ccc2c1. The predicted octanol–water partition coefficient (Wildman–Crippen LogP) is 1.33. The number of amides is 1. The number of nitrogens with zero attached hydrogens (tertiary/aromatic N) is 1. The van der Waals surface area contributed by atoms with Gasteiger partial charge in [-0.25, -0.2) is 13.2 Å². The number of nitrogens with one attached hydrogen (secondary N) is 1. The van der Waals surface area contributed by atoms with Crippen LogP contribution in [0.15, 0.2) is 44.4 Å². The Morgan fingerprint density at radius 3 is 2.50 bits per heavy atom. The number of carbonyl (C=O) groups excluding carboxylic acids is 1. The number of benzene rings is 1. The smallest absolute Gasteiger partial charge is 0.336 e. The third-order valence-corrected chi connectivity index (χ3v) is 4.98. The molecule has 0 spiro atoms. The van der Waals surface area contributed by atoms with Gasteiger partial charge in [0.25, 0.3) is 0 Å². The van der Waals surface area contributed by atoms with Crippen molar-refractivity contribution in [2.75, 3.05) is 13.6 Å². The molecule has 1 heterocycles. The summed E-state index contributed by atoms with van der Waals surface area (Å²) in [4.78, 5) is 23.1. The normalized spacial score (nSPS) is 12.5. The molecule has 24 heavy (non-hydrogen) atoms. The van der Waals surface area contributed by atoms with Gasteiger partial charge >= 0.3 is 5.63 Å². The molecular formula is C16H20N2O5S. The van der Waals surface area contributed by atoms with Gasteiger partial charge in [0.2, 0.25) is 15.9 Å². The lowest BCUT2D eigenvalue weighted by atomic mass is 10.1. The molecule has 1 aromatic heterocycles. The van der Waals surface area contributed by atoms with E-state index in [1.165, 1.54) is 37.4 Å². The van der Waals surface area contributed by atoms with Gasteiger partial charge < -0.3 is 9.73 Å². The molecule has 2 rings (SSSR count). The van der Waals surface area contributed by atoms with Crippen molar-refractivity contribution < 1.29 is 17.6 Å². The summed E-state index contributed by atoms with van der Waals surface area (Å²) in [5.74, 6) is -0.389. The molecule has 1 aromatic carbocycles. The van der Waals surface area contributed by atoms with E-state index in [9.17, 15) is 18.0 Å². The zero-order chi connectivity index (χ0) is 18.1. The maximum atomic E-state index is 12.6. The Balaban J connectivity index is 2.27. The summed E-state index contributed by atoms with van der Waals surface area (Å²) in [6.07, 6.45) is 0. The molecule has 1 N–H and O–H groups in total. The van der Waals surface area contributed by atoms with Crippen LogP contribution < -0.4 is 10.9 Å². The monoisotopic (exact) mass is 352 g/mol. The summed E-state index contributed by atoms with van der Waals surface area (Å²) in [7, 11) is -2.50. The minimum Gasteiger partial charge on any atom is -0.423 e. The maximum Gasteiger partial charge on any atom is 0.336 e. The summed E-state index contributed by atoms with van der Waals surface area (Å²) >= 11 is 0. The van der Waals surface area contributed by atoms with Crippen molar-refractivity contribution in [3.63, 3.8) is 0 Å². The Bertz CT molecular complexity index is 925. The Labute approximate surface area is 140 Å². The number of hydrogen-bond acceptors (Lipinski definition) is 5. The molecule has 7 nitrogen and oxygen atoms in total. The highest BCUT2D eigenvalue weighted by Gasteiger charge is 2.25. The van der Waals surface area contributed by atoms with E-state index in [0.29, 0.717) is 11.0 Å². The molecule has 0 unspecified atom stereocenters. The molecule has 8 heteroatoms. The van der Waals surface area contributed by atoms with E-state index in [2.05, 4.69) is 5.32 Å². The van der Waals surface area contributed by atoms with Crippen molar-refractivity contribution in [1.82, 2.24) is 9.62 Å². The average Bonchev–Trinajstić information content (AvgIpc) is 2.44. The Morgan fingerprint density at radius 1 is 1.21 bits per heavy atom. The molecule has 0 saturated heterocycles. The lowest BCUT2D eigenvalue weighted by molar-refractivity contribution is -0.122. The standard InChI is InChI=1S/C16H20N2O5S/c1-16(2,3)17-14(19)10-18(4)24(21,22)12-6-7-13-11(9-12)5-8-15(20)23-13/h5-9H,10H2,1-4H3,(H,17,19). The first-order valence-corrected chi connectivity index (χ1v) is 8.74. The van der Waals surface area contributed by atoms with Crippen molar-refractivity contribution in [3.8, 4) is 0 Å². The zero-order valence-corrected chi connectivity index (χ0v) is 14.8. The topological polar surface area (TPSA) is 96.7 Å². The predicted molar refractivity (Wildman–Crippen MR) is 90.2 cm³/mol. The fraction of sp³-hybridized carbons (Fsp3) is 0.375. The molecule has 0 bridgehead atoms. The van der Waals surface area contributed by atoms with Crippen molar-refractivity contribution in [2.24, 2.45) is 0 Å². The van der Waals surface area contributed by atoms with Crippen LogP contribution in [0.5, 0.6) is 0 Å². The van der Waals surface area contributed by atoms with Crippen LogP contribution in [0.3, 0.4) is 0 Å². The Hall–Kier alpha value is -2.19. The van der Waals surface area contributed by atoms with E-state index in [-0.39, 0.29) is 17.3 Å². The molecule has 0 aliphatic heterocycles. The van der Waals surface area contributed by atoms with E-state index in [1.807, 2.05) is 20.8 Å². The first kappa shape index (κ1) is 18.2. The highest BCUT2D eigenvalue weighted by molar-refractivity contribution is 7.89. The van der Waals surface area contributed by atoms with Crippen LogP contribution in [0.1, 0.15) is 20.8 Å². The van der Waals surface area contributed by atoms with Crippen LogP contribution in [0.2, 0.25) is 0 Å². The van der Waals surface area contributed by atoms with Gasteiger partial charge in [0.15, 0.2) is 0 Å². The molecule has 0 fully saturated rings. The lowest BCUT2D eigenvalue weighted by Gasteiger charge is -2.23.